The van der Waals surface area contributed by atoms with E-state index >= 15 is 0 Å². The SMILES string of the molecule is C=C1C(Br)[C@@]23C=CC(=O)CC2C[C@@H]1CC3. The molecular weight excluding hydrogens is 252 g/mol. The maximum Gasteiger partial charge on any atom is 0.155 e. The summed E-state index contributed by atoms with van der Waals surface area (Å²) in [5.41, 5.74) is 1.57. The average Bonchev–Trinajstić information content (AvgIpc) is 2.24. The molecule has 4 aliphatic rings. The van der Waals surface area contributed by atoms with Gasteiger partial charge >= 0.3 is 0 Å². The molecule has 0 aromatic heterocycles. The van der Waals surface area contributed by atoms with Crippen molar-refractivity contribution < 1.29 is 4.79 Å². The average molecular weight is 267 g/mol. The summed E-state index contributed by atoms with van der Waals surface area (Å²) >= 11 is 3.80. The first-order valence-corrected chi connectivity index (χ1v) is 6.60. The van der Waals surface area contributed by atoms with E-state index < -0.39 is 0 Å². The van der Waals surface area contributed by atoms with Gasteiger partial charge in [0.1, 0.15) is 0 Å². The number of alkyl halides is 1. The molecule has 2 unspecified atom stereocenters. The van der Waals surface area contributed by atoms with Gasteiger partial charge in [-0.25, -0.2) is 0 Å². The van der Waals surface area contributed by atoms with Gasteiger partial charge in [-0.3, -0.25) is 4.79 Å². The molecule has 1 nitrogen and oxygen atoms in total. The number of allylic oxidation sites excluding steroid dienone is 3. The van der Waals surface area contributed by atoms with Crippen LogP contribution in [0.15, 0.2) is 24.3 Å². The second kappa shape index (κ2) is 3.07. The molecule has 2 bridgehead atoms. The summed E-state index contributed by atoms with van der Waals surface area (Å²) in [7, 11) is 0. The molecule has 0 aliphatic heterocycles. The highest BCUT2D eigenvalue weighted by molar-refractivity contribution is 9.09. The van der Waals surface area contributed by atoms with Gasteiger partial charge < -0.3 is 0 Å². The van der Waals surface area contributed by atoms with E-state index in [1.807, 2.05) is 0 Å². The highest BCUT2D eigenvalue weighted by atomic mass is 79.9. The minimum atomic E-state index is 0.208. The van der Waals surface area contributed by atoms with Crippen molar-refractivity contribution in [1.29, 1.82) is 0 Å². The van der Waals surface area contributed by atoms with Gasteiger partial charge in [0.25, 0.3) is 0 Å². The summed E-state index contributed by atoms with van der Waals surface area (Å²) in [6.45, 7) is 4.22. The monoisotopic (exact) mass is 266 g/mol. The third-order valence-electron chi connectivity index (χ3n) is 4.60. The minimum Gasteiger partial charge on any atom is -0.295 e. The van der Waals surface area contributed by atoms with Gasteiger partial charge in [-0.1, -0.05) is 34.2 Å². The largest absolute Gasteiger partial charge is 0.295 e. The quantitative estimate of drug-likeness (QED) is 0.486. The predicted molar refractivity (Wildman–Crippen MR) is 63.9 cm³/mol. The fourth-order valence-corrected chi connectivity index (χ4v) is 4.80. The predicted octanol–water partition coefficient (Wildman–Crippen LogP) is 3.25. The van der Waals surface area contributed by atoms with Gasteiger partial charge in [-0.15, -0.1) is 0 Å². The van der Waals surface area contributed by atoms with Crippen LogP contribution in [0, 0.1) is 17.3 Å². The normalized spacial score (nSPS) is 48.2. The lowest BCUT2D eigenvalue weighted by atomic mass is 9.51. The van der Waals surface area contributed by atoms with Crippen molar-refractivity contribution >= 4 is 21.7 Å². The molecule has 0 radical (unpaired) electrons. The van der Waals surface area contributed by atoms with Gasteiger partial charge in [0.05, 0.1) is 0 Å². The van der Waals surface area contributed by atoms with Crippen LogP contribution in [0.2, 0.25) is 0 Å². The lowest BCUT2D eigenvalue weighted by Crippen LogP contribution is -2.51. The third kappa shape index (κ3) is 1.17. The lowest BCUT2D eigenvalue weighted by molar-refractivity contribution is -0.118. The van der Waals surface area contributed by atoms with E-state index in [0.717, 1.165) is 6.42 Å². The molecule has 3 fully saturated rings. The van der Waals surface area contributed by atoms with Crippen molar-refractivity contribution in [2.75, 3.05) is 0 Å². The number of carbonyl (C=O) groups is 1. The Kier molecular flexibility index (Phi) is 2.01. The van der Waals surface area contributed by atoms with Gasteiger partial charge in [0.15, 0.2) is 5.78 Å². The van der Waals surface area contributed by atoms with Crippen LogP contribution in [0.3, 0.4) is 0 Å². The summed E-state index contributed by atoms with van der Waals surface area (Å²) in [4.78, 5) is 11.8. The van der Waals surface area contributed by atoms with Crippen LogP contribution in [0.1, 0.15) is 25.7 Å². The number of carbonyl (C=O) groups excluding carboxylic acids is 1. The number of hydrogen-bond donors (Lipinski definition) is 0. The first kappa shape index (κ1) is 9.83. The van der Waals surface area contributed by atoms with Gasteiger partial charge in [-0.05, 0) is 37.2 Å². The van der Waals surface area contributed by atoms with E-state index in [4.69, 9.17) is 0 Å². The minimum absolute atomic E-state index is 0.208. The Hall–Kier alpha value is -0.370. The molecule has 0 heterocycles. The van der Waals surface area contributed by atoms with Crippen LogP contribution in [0.5, 0.6) is 0 Å². The molecule has 4 atom stereocenters. The standard InChI is InChI=1S/C13H15BrO/c1-8-9-2-4-13(12(8)14)5-3-11(15)7-10(13)6-9/h3,5,9-10,12H,1-2,4,6-7H2/t9-,10?,12?,13-/m0/s1. The molecule has 1 spiro atoms. The highest BCUT2D eigenvalue weighted by Crippen LogP contribution is 2.61. The molecule has 0 amide bonds. The van der Waals surface area contributed by atoms with Crippen molar-refractivity contribution in [1.82, 2.24) is 0 Å². The fraction of sp³-hybridized carbons (Fsp3) is 0.615. The molecule has 0 N–H and O–H groups in total. The van der Waals surface area contributed by atoms with Crippen LogP contribution >= 0.6 is 15.9 Å². The van der Waals surface area contributed by atoms with Crippen molar-refractivity contribution in [3.05, 3.63) is 24.3 Å². The molecule has 4 aliphatic carbocycles. The summed E-state index contributed by atoms with van der Waals surface area (Å²) in [5, 5.41) is 0. The Bertz CT molecular complexity index is 371. The van der Waals surface area contributed by atoms with Gasteiger partial charge in [0, 0.05) is 16.7 Å². The van der Waals surface area contributed by atoms with Crippen LogP contribution in [0.4, 0.5) is 0 Å². The van der Waals surface area contributed by atoms with Crippen molar-refractivity contribution in [2.45, 2.75) is 30.5 Å². The molecule has 0 aromatic rings. The Balaban J connectivity index is 2.07. The van der Waals surface area contributed by atoms with E-state index in [-0.39, 0.29) is 5.41 Å². The van der Waals surface area contributed by atoms with E-state index in [9.17, 15) is 4.79 Å². The summed E-state index contributed by atoms with van der Waals surface area (Å²) < 4.78 is 0. The second-order valence-corrected chi connectivity index (χ2v) is 6.14. The van der Waals surface area contributed by atoms with Crippen LogP contribution in [-0.2, 0) is 4.79 Å². The number of fused-ring (bicyclic) bond motifs is 2. The fourth-order valence-electron chi connectivity index (χ4n) is 3.67. The summed E-state index contributed by atoms with van der Waals surface area (Å²) in [6, 6.07) is 0. The molecule has 0 aromatic carbocycles. The first-order chi connectivity index (χ1) is 7.13. The van der Waals surface area contributed by atoms with E-state index in [2.05, 4.69) is 28.6 Å². The number of ketones is 1. The molecule has 0 saturated heterocycles. The van der Waals surface area contributed by atoms with E-state index in [1.165, 1.54) is 24.8 Å². The van der Waals surface area contributed by atoms with E-state index in [0.29, 0.717) is 22.4 Å². The molecular formula is C13H15BrO. The zero-order valence-corrected chi connectivity index (χ0v) is 10.3. The van der Waals surface area contributed by atoms with Gasteiger partial charge in [0.2, 0.25) is 0 Å². The molecule has 80 valence electrons. The van der Waals surface area contributed by atoms with Crippen LogP contribution in [0.25, 0.3) is 0 Å². The lowest BCUT2D eigenvalue weighted by Gasteiger charge is -2.56. The maximum absolute atomic E-state index is 11.5. The first-order valence-electron chi connectivity index (χ1n) is 5.68. The summed E-state index contributed by atoms with van der Waals surface area (Å²) in [5.74, 6) is 1.52. The number of hydrogen-bond acceptors (Lipinski definition) is 1. The summed E-state index contributed by atoms with van der Waals surface area (Å²) in [6.07, 6.45) is 8.38. The topological polar surface area (TPSA) is 17.1 Å². The molecule has 15 heavy (non-hydrogen) atoms. The van der Waals surface area contributed by atoms with Crippen LogP contribution < -0.4 is 0 Å². The Morgan fingerprint density at radius 1 is 1.53 bits per heavy atom. The van der Waals surface area contributed by atoms with Gasteiger partial charge in [-0.2, -0.15) is 0 Å². The Labute approximate surface area is 98.8 Å². The Morgan fingerprint density at radius 2 is 2.33 bits per heavy atom. The number of halogens is 1. The number of rotatable bonds is 0. The third-order valence-corrected chi connectivity index (χ3v) is 6.04. The zero-order chi connectivity index (χ0) is 10.6. The van der Waals surface area contributed by atoms with Crippen LogP contribution in [-0.4, -0.2) is 10.6 Å². The molecule has 2 heteroatoms. The smallest absolute Gasteiger partial charge is 0.155 e. The van der Waals surface area contributed by atoms with Crippen molar-refractivity contribution in [2.24, 2.45) is 17.3 Å². The Morgan fingerprint density at radius 3 is 3.13 bits per heavy atom. The van der Waals surface area contributed by atoms with E-state index in [1.54, 1.807) is 6.08 Å². The highest BCUT2D eigenvalue weighted by Gasteiger charge is 2.54. The molecule has 4 rings (SSSR count). The zero-order valence-electron chi connectivity index (χ0n) is 8.71. The maximum atomic E-state index is 11.5. The second-order valence-electron chi connectivity index (χ2n) is 5.22. The van der Waals surface area contributed by atoms with Crippen molar-refractivity contribution in [3.8, 4) is 0 Å². The molecule has 3 saturated carbocycles. The van der Waals surface area contributed by atoms with Crippen molar-refractivity contribution in [3.63, 3.8) is 0 Å².